The Labute approximate surface area is 208 Å². The fourth-order valence-corrected chi connectivity index (χ4v) is 4.91. The van der Waals surface area contributed by atoms with Crippen LogP contribution in [0.5, 0.6) is 11.5 Å². The van der Waals surface area contributed by atoms with Gasteiger partial charge in [-0.25, -0.2) is 0 Å². The number of ether oxygens (including phenoxy) is 2. The number of amides is 1. The summed E-state index contributed by atoms with van der Waals surface area (Å²) < 4.78 is 14.1. The zero-order chi connectivity index (χ0) is 24.2. The third-order valence-electron chi connectivity index (χ3n) is 5.29. The van der Waals surface area contributed by atoms with E-state index in [9.17, 15) is 10.1 Å². The predicted octanol–water partition coefficient (Wildman–Crippen LogP) is 5.49. The number of thiocarbonyl (C=S) groups is 1. The van der Waals surface area contributed by atoms with E-state index in [0.29, 0.717) is 32.9 Å². The number of nitriles is 1. The van der Waals surface area contributed by atoms with Gasteiger partial charge in [0.05, 0.1) is 23.1 Å². The summed E-state index contributed by atoms with van der Waals surface area (Å²) in [4.78, 5) is 13.7. The summed E-state index contributed by atoms with van der Waals surface area (Å²) in [7, 11) is 0. The van der Waals surface area contributed by atoms with Gasteiger partial charge in [-0.15, -0.1) is 0 Å². The van der Waals surface area contributed by atoms with E-state index in [-0.39, 0.29) is 12.5 Å². The van der Waals surface area contributed by atoms with Crippen LogP contribution in [0.2, 0.25) is 0 Å². The van der Waals surface area contributed by atoms with Gasteiger partial charge in [0.25, 0.3) is 5.91 Å². The Kier molecular flexibility index (Phi) is 7.06. The zero-order valence-corrected chi connectivity index (χ0v) is 20.7. The fraction of sp³-hybridized carbons (Fsp3) is 0.192. The van der Waals surface area contributed by atoms with Crippen molar-refractivity contribution in [1.82, 2.24) is 4.68 Å². The van der Waals surface area contributed by atoms with Crippen molar-refractivity contribution in [3.8, 4) is 17.6 Å². The lowest BCUT2D eigenvalue weighted by molar-refractivity contribution is -0.114. The number of carbonyl (C=O) groups is 1. The average molecular weight is 490 g/mol. The molecule has 1 aliphatic rings. The third kappa shape index (κ3) is 4.72. The monoisotopic (exact) mass is 489 g/mol. The van der Waals surface area contributed by atoms with Crippen LogP contribution < -0.4 is 14.5 Å². The summed E-state index contributed by atoms with van der Waals surface area (Å²) in [5.74, 6) is 0.972. The molecule has 1 fully saturated rings. The second kappa shape index (κ2) is 10.2. The van der Waals surface area contributed by atoms with Crippen molar-refractivity contribution in [1.29, 1.82) is 5.26 Å². The number of carbonyl (C=O) groups excluding carboxylic acids is 1. The first-order chi connectivity index (χ1) is 16.4. The Morgan fingerprint density at radius 3 is 2.50 bits per heavy atom. The molecule has 6 nitrogen and oxygen atoms in total. The number of aryl methyl sites for hydroxylation is 2. The largest absolute Gasteiger partial charge is 0.490 e. The van der Waals surface area contributed by atoms with E-state index >= 15 is 0 Å². The van der Waals surface area contributed by atoms with Crippen LogP contribution in [0, 0.1) is 25.2 Å². The summed E-state index contributed by atoms with van der Waals surface area (Å²) in [5.41, 5.74) is 4.05. The average Bonchev–Trinajstić information content (AvgIpc) is 3.29. The fourth-order valence-electron chi connectivity index (χ4n) is 3.67. The van der Waals surface area contributed by atoms with E-state index in [0.717, 1.165) is 22.5 Å². The molecular weight excluding hydrogens is 466 g/mol. The van der Waals surface area contributed by atoms with Gasteiger partial charge in [-0.3, -0.25) is 9.47 Å². The molecule has 0 N–H and O–H groups in total. The number of nitrogens with zero attached hydrogens (tertiary/aromatic N) is 3. The molecular formula is C26H23N3O3S2. The summed E-state index contributed by atoms with van der Waals surface area (Å²) in [5, 5.41) is 10.8. The summed E-state index contributed by atoms with van der Waals surface area (Å²) in [6.45, 7) is 6.49. The van der Waals surface area contributed by atoms with Crippen LogP contribution in [0.1, 0.15) is 35.0 Å². The molecule has 4 rings (SSSR count). The first-order valence-corrected chi connectivity index (χ1v) is 12.0. The highest BCUT2D eigenvalue weighted by atomic mass is 32.2. The highest BCUT2D eigenvalue weighted by molar-refractivity contribution is 8.27. The van der Waals surface area contributed by atoms with Gasteiger partial charge in [0.15, 0.2) is 15.8 Å². The van der Waals surface area contributed by atoms with Crippen molar-refractivity contribution in [3.05, 3.63) is 87.6 Å². The summed E-state index contributed by atoms with van der Waals surface area (Å²) in [6.07, 6.45) is 1.81. The van der Waals surface area contributed by atoms with E-state index in [4.69, 9.17) is 21.7 Å². The van der Waals surface area contributed by atoms with Gasteiger partial charge < -0.3 is 9.47 Å². The second-order valence-corrected chi connectivity index (χ2v) is 9.29. The standard InChI is InChI=1S/C26H23N3O3S2/c1-4-31-23-13-19(11-12-22(23)32-16-21-8-6-5-7-20(21)15-27)14-24-25(30)29(26(33)34-24)28-17(2)9-10-18(28)3/h5-14H,4,16H2,1-3H3/b24-14+. The van der Waals surface area contributed by atoms with Gasteiger partial charge in [-0.05, 0) is 75.0 Å². The molecule has 2 aromatic carbocycles. The molecule has 172 valence electrons. The Morgan fingerprint density at radius 2 is 1.79 bits per heavy atom. The van der Waals surface area contributed by atoms with Gasteiger partial charge in [0, 0.05) is 17.0 Å². The molecule has 0 radical (unpaired) electrons. The molecule has 0 spiro atoms. The quantitative estimate of drug-likeness (QED) is 0.323. The smallest absolute Gasteiger partial charge is 0.285 e. The van der Waals surface area contributed by atoms with Crippen molar-refractivity contribution in [2.75, 3.05) is 11.6 Å². The molecule has 1 aromatic heterocycles. The van der Waals surface area contributed by atoms with Crippen LogP contribution in [0.3, 0.4) is 0 Å². The van der Waals surface area contributed by atoms with Crippen molar-refractivity contribution < 1.29 is 14.3 Å². The normalized spacial score (nSPS) is 14.5. The van der Waals surface area contributed by atoms with Crippen LogP contribution in [-0.2, 0) is 11.4 Å². The number of rotatable bonds is 7. The third-order valence-corrected chi connectivity index (χ3v) is 6.58. The van der Waals surface area contributed by atoms with Gasteiger partial charge in [0.2, 0.25) is 0 Å². The molecule has 8 heteroatoms. The highest BCUT2D eigenvalue weighted by Crippen LogP contribution is 2.35. The number of benzene rings is 2. The lowest BCUT2D eigenvalue weighted by Gasteiger charge is -2.20. The molecule has 0 aliphatic carbocycles. The molecule has 0 bridgehead atoms. The van der Waals surface area contributed by atoms with E-state index in [1.54, 1.807) is 6.07 Å². The van der Waals surface area contributed by atoms with E-state index in [1.165, 1.54) is 16.8 Å². The van der Waals surface area contributed by atoms with Crippen LogP contribution in [0.4, 0.5) is 0 Å². The van der Waals surface area contributed by atoms with Crippen LogP contribution in [-0.4, -0.2) is 21.5 Å². The van der Waals surface area contributed by atoms with Gasteiger partial charge >= 0.3 is 0 Å². The lowest BCUT2D eigenvalue weighted by atomic mass is 10.1. The van der Waals surface area contributed by atoms with Crippen molar-refractivity contribution in [2.45, 2.75) is 27.4 Å². The SMILES string of the molecule is CCOc1cc(/C=C2/SC(=S)N(n3c(C)ccc3C)C2=O)ccc1OCc1ccccc1C#N. The maximum absolute atomic E-state index is 13.2. The second-order valence-electron chi connectivity index (χ2n) is 7.62. The Morgan fingerprint density at radius 1 is 1.06 bits per heavy atom. The van der Waals surface area contributed by atoms with Crippen molar-refractivity contribution >= 4 is 40.3 Å². The Balaban J connectivity index is 1.58. The molecule has 1 aliphatic heterocycles. The van der Waals surface area contributed by atoms with E-state index in [2.05, 4.69) is 6.07 Å². The summed E-state index contributed by atoms with van der Waals surface area (Å²) in [6, 6.07) is 18.9. The predicted molar refractivity (Wildman–Crippen MR) is 138 cm³/mol. The lowest BCUT2D eigenvalue weighted by Crippen LogP contribution is -2.39. The number of thioether (sulfide) groups is 1. The van der Waals surface area contributed by atoms with Gasteiger partial charge in [0.1, 0.15) is 6.61 Å². The first kappa shape index (κ1) is 23.6. The first-order valence-electron chi connectivity index (χ1n) is 10.7. The minimum atomic E-state index is -0.163. The Hall–Kier alpha value is -3.54. The van der Waals surface area contributed by atoms with E-state index in [1.807, 2.05) is 80.1 Å². The molecule has 0 atom stereocenters. The summed E-state index contributed by atoms with van der Waals surface area (Å²) >= 11 is 6.78. The number of hydrogen-bond donors (Lipinski definition) is 0. The van der Waals surface area contributed by atoms with E-state index < -0.39 is 0 Å². The zero-order valence-electron chi connectivity index (χ0n) is 19.1. The Bertz CT molecular complexity index is 1320. The minimum absolute atomic E-state index is 0.163. The highest BCUT2D eigenvalue weighted by Gasteiger charge is 2.34. The molecule has 0 unspecified atom stereocenters. The number of aromatic nitrogens is 1. The molecule has 1 saturated heterocycles. The van der Waals surface area contributed by atoms with Gasteiger partial charge in [-0.2, -0.15) is 10.3 Å². The van der Waals surface area contributed by atoms with Crippen LogP contribution in [0.25, 0.3) is 6.08 Å². The van der Waals surface area contributed by atoms with Crippen LogP contribution in [0.15, 0.2) is 59.5 Å². The van der Waals surface area contributed by atoms with Crippen molar-refractivity contribution in [3.63, 3.8) is 0 Å². The molecule has 0 saturated carbocycles. The van der Waals surface area contributed by atoms with Crippen LogP contribution >= 0.6 is 24.0 Å². The molecule has 2 heterocycles. The number of hydrogen-bond acceptors (Lipinski definition) is 6. The molecule has 1 amide bonds. The molecule has 3 aromatic rings. The van der Waals surface area contributed by atoms with Gasteiger partial charge in [-0.1, -0.05) is 36.0 Å². The maximum atomic E-state index is 13.2. The minimum Gasteiger partial charge on any atom is -0.490 e. The topological polar surface area (TPSA) is 67.5 Å². The van der Waals surface area contributed by atoms with Crippen molar-refractivity contribution in [2.24, 2.45) is 0 Å². The maximum Gasteiger partial charge on any atom is 0.285 e. The molecule has 34 heavy (non-hydrogen) atoms.